The lowest BCUT2D eigenvalue weighted by atomic mass is 9.31. The molecule has 190 valence electrons. The van der Waals surface area contributed by atoms with Crippen LogP contribution in [0.15, 0.2) is 66.7 Å². The number of hydrogen-bond acceptors (Lipinski definition) is 3. The number of anilines is 4. The summed E-state index contributed by atoms with van der Waals surface area (Å²) in [6.07, 6.45) is 2.17. The first-order valence-electron chi connectivity index (χ1n) is 12.9. The fraction of sp³-hybridized carbons (Fsp3) is 0.367. The van der Waals surface area contributed by atoms with Crippen LogP contribution >= 0.6 is 0 Å². The van der Waals surface area contributed by atoms with Crippen LogP contribution in [-0.2, 0) is 11.6 Å². The number of hydrogen-bond donors (Lipinski definition) is 3. The van der Waals surface area contributed by atoms with Gasteiger partial charge in [-0.25, -0.2) is 4.79 Å². The molecule has 2 bridgehead atoms. The second-order valence-corrected chi connectivity index (χ2v) is 11.4. The van der Waals surface area contributed by atoms with Crippen molar-refractivity contribution < 1.29 is 23.1 Å². The van der Waals surface area contributed by atoms with Gasteiger partial charge >= 0.3 is 12.1 Å². The monoisotopic (exact) mass is 504 g/mol. The molecule has 3 aromatic rings. The summed E-state index contributed by atoms with van der Waals surface area (Å²) < 4.78 is 41.9. The number of halogens is 3. The molecule has 4 saturated carbocycles. The predicted octanol–water partition coefficient (Wildman–Crippen LogP) is 7.97. The average Bonchev–Trinajstić information content (AvgIpc) is 3.35. The molecule has 37 heavy (non-hydrogen) atoms. The first kappa shape index (κ1) is 22.7. The molecule has 0 radical (unpaired) electrons. The summed E-state index contributed by atoms with van der Waals surface area (Å²) in [4.78, 5) is 11.5. The highest BCUT2D eigenvalue weighted by atomic mass is 19.4. The molecule has 3 aromatic carbocycles. The molecule has 4 fully saturated rings. The normalized spacial score (nSPS) is 30.7. The molecule has 5 atom stereocenters. The minimum absolute atomic E-state index is 0.0987. The molecule has 3 N–H and O–H groups in total. The minimum Gasteiger partial charge on any atom is -0.478 e. The Labute approximate surface area is 212 Å². The Morgan fingerprint density at radius 1 is 0.838 bits per heavy atom. The van der Waals surface area contributed by atoms with Crippen molar-refractivity contribution in [1.82, 2.24) is 0 Å². The lowest BCUT2D eigenvalue weighted by Gasteiger charge is -2.73. The van der Waals surface area contributed by atoms with Crippen molar-refractivity contribution in [2.24, 2.45) is 23.2 Å². The van der Waals surface area contributed by atoms with Crippen LogP contribution in [0, 0.1) is 23.2 Å². The predicted molar refractivity (Wildman–Crippen MR) is 136 cm³/mol. The molecular formula is C30H27F3N2O2. The van der Waals surface area contributed by atoms with Gasteiger partial charge in [-0.2, -0.15) is 13.2 Å². The molecule has 0 aromatic heterocycles. The molecular weight excluding hydrogens is 477 g/mol. The van der Waals surface area contributed by atoms with Gasteiger partial charge in [0.05, 0.1) is 22.5 Å². The van der Waals surface area contributed by atoms with Crippen LogP contribution in [0.3, 0.4) is 0 Å². The standard InChI is InChI=1S/C30H27F3N2O2/c31-30(32,33)24-13-22(9-10-26(24)35-25-4-2-1-3-23(25)27(36)37)34-21-7-5-18(6-8-21)28-14-17-11-19-12-20(16-28)29(19,28)15-17/h1-10,13,17,19-20,34-35H,11-12,14-16H2,(H,36,37). The largest absolute Gasteiger partial charge is 0.478 e. The average molecular weight is 505 g/mol. The Hall–Kier alpha value is -3.48. The zero-order chi connectivity index (χ0) is 25.6. The summed E-state index contributed by atoms with van der Waals surface area (Å²) >= 11 is 0. The fourth-order valence-corrected chi connectivity index (χ4v) is 8.62. The Kier molecular flexibility index (Phi) is 4.62. The van der Waals surface area contributed by atoms with Gasteiger partial charge in [-0.15, -0.1) is 0 Å². The maximum Gasteiger partial charge on any atom is 0.418 e. The van der Waals surface area contributed by atoms with E-state index < -0.39 is 17.7 Å². The van der Waals surface area contributed by atoms with Crippen LogP contribution in [0.1, 0.15) is 53.6 Å². The number of alkyl halides is 3. The van der Waals surface area contributed by atoms with E-state index in [1.807, 2.05) is 12.1 Å². The van der Waals surface area contributed by atoms with Crippen molar-refractivity contribution in [3.8, 4) is 0 Å². The third-order valence-corrected chi connectivity index (χ3v) is 9.87. The maximum atomic E-state index is 14.0. The van der Waals surface area contributed by atoms with Gasteiger partial charge in [0, 0.05) is 16.8 Å². The second kappa shape index (κ2) is 7.53. The van der Waals surface area contributed by atoms with E-state index in [9.17, 15) is 23.1 Å². The molecule has 0 heterocycles. The summed E-state index contributed by atoms with van der Waals surface area (Å²) in [5.41, 5.74) is 2.25. The highest BCUT2D eigenvalue weighted by Gasteiger charge is 2.80. The van der Waals surface area contributed by atoms with Crippen molar-refractivity contribution in [2.75, 3.05) is 10.6 Å². The number of carboxylic acid groups (broad SMARTS) is 1. The van der Waals surface area contributed by atoms with Crippen molar-refractivity contribution in [3.63, 3.8) is 0 Å². The molecule has 0 saturated heterocycles. The highest BCUT2D eigenvalue weighted by molar-refractivity contribution is 5.95. The number of nitrogens with one attached hydrogen (secondary N) is 2. The van der Waals surface area contributed by atoms with Crippen molar-refractivity contribution in [3.05, 3.63) is 83.4 Å². The fourth-order valence-electron chi connectivity index (χ4n) is 8.62. The van der Waals surface area contributed by atoms with E-state index in [4.69, 9.17) is 0 Å². The minimum atomic E-state index is -4.62. The van der Waals surface area contributed by atoms with E-state index in [0.717, 1.165) is 29.5 Å². The summed E-state index contributed by atoms with van der Waals surface area (Å²) in [6, 6.07) is 18.2. The zero-order valence-corrected chi connectivity index (χ0v) is 20.1. The second-order valence-electron chi connectivity index (χ2n) is 11.4. The maximum absolute atomic E-state index is 14.0. The van der Waals surface area contributed by atoms with Gasteiger partial charge in [0.2, 0.25) is 0 Å². The molecule has 4 nitrogen and oxygen atoms in total. The molecule has 4 aliphatic rings. The lowest BCUT2D eigenvalue weighted by molar-refractivity contribution is -0.198. The molecule has 7 heteroatoms. The van der Waals surface area contributed by atoms with Crippen LogP contribution in [0.5, 0.6) is 0 Å². The number of aromatic carboxylic acids is 1. The topological polar surface area (TPSA) is 61.4 Å². The summed E-state index contributed by atoms with van der Waals surface area (Å²) in [7, 11) is 0. The quantitative estimate of drug-likeness (QED) is 0.319. The Morgan fingerprint density at radius 3 is 2.30 bits per heavy atom. The Balaban J connectivity index is 1.14. The van der Waals surface area contributed by atoms with E-state index in [1.54, 1.807) is 12.1 Å². The molecule has 0 amide bonds. The van der Waals surface area contributed by atoms with Crippen LogP contribution in [0.25, 0.3) is 0 Å². The summed E-state index contributed by atoms with van der Waals surface area (Å²) in [5, 5.41) is 15.2. The third-order valence-electron chi connectivity index (χ3n) is 9.87. The summed E-state index contributed by atoms with van der Waals surface area (Å²) in [6.45, 7) is 0. The number of fused-ring (bicyclic) bond motifs is 1. The van der Waals surface area contributed by atoms with Crippen molar-refractivity contribution >= 4 is 28.7 Å². The molecule has 1 spiro atoms. The van der Waals surface area contributed by atoms with E-state index in [1.165, 1.54) is 61.9 Å². The van der Waals surface area contributed by atoms with Crippen LogP contribution in [-0.4, -0.2) is 11.1 Å². The Bertz CT molecular complexity index is 1420. The lowest BCUT2D eigenvalue weighted by Crippen LogP contribution is -2.68. The summed E-state index contributed by atoms with van der Waals surface area (Å²) in [5.74, 6) is 1.45. The van der Waals surface area contributed by atoms with Gasteiger partial charge < -0.3 is 15.7 Å². The molecule has 4 aliphatic carbocycles. The van der Waals surface area contributed by atoms with E-state index in [-0.39, 0.29) is 16.9 Å². The number of carboxylic acids is 1. The van der Waals surface area contributed by atoms with Crippen molar-refractivity contribution in [2.45, 2.75) is 43.7 Å². The smallest absolute Gasteiger partial charge is 0.418 e. The first-order chi connectivity index (χ1) is 17.7. The zero-order valence-electron chi connectivity index (χ0n) is 20.1. The molecule has 0 aliphatic heterocycles. The van der Waals surface area contributed by atoms with E-state index in [2.05, 4.69) is 22.8 Å². The van der Waals surface area contributed by atoms with Crippen LogP contribution in [0.2, 0.25) is 0 Å². The molecule has 5 unspecified atom stereocenters. The van der Waals surface area contributed by atoms with Gasteiger partial charge in [0.1, 0.15) is 0 Å². The van der Waals surface area contributed by atoms with Crippen molar-refractivity contribution in [1.29, 1.82) is 0 Å². The van der Waals surface area contributed by atoms with Gasteiger partial charge in [-0.05, 0) is 103 Å². The first-order valence-corrected chi connectivity index (χ1v) is 12.9. The van der Waals surface area contributed by atoms with Gasteiger partial charge in [-0.3, -0.25) is 0 Å². The third kappa shape index (κ3) is 3.12. The van der Waals surface area contributed by atoms with Crippen LogP contribution < -0.4 is 10.6 Å². The van der Waals surface area contributed by atoms with Gasteiger partial charge in [0.25, 0.3) is 0 Å². The van der Waals surface area contributed by atoms with E-state index >= 15 is 0 Å². The number of para-hydroxylation sites is 1. The van der Waals surface area contributed by atoms with Crippen LogP contribution in [0.4, 0.5) is 35.9 Å². The number of benzene rings is 3. The number of rotatable bonds is 6. The SMILES string of the molecule is O=C(O)c1ccccc1Nc1ccc(Nc2ccc(C34CC5CC6CC(C3)C64C5)cc2)cc1C(F)(F)F. The molecule has 7 rings (SSSR count). The number of carbonyl (C=O) groups is 1. The highest BCUT2D eigenvalue weighted by Crippen LogP contribution is 2.86. The van der Waals surface area contributed by atoms with E-state index in [0.29, 0.717) is 16.5 Å². The van der Waals surface area contributed by atoms with Gasteiger partial charge in [-0.1, -0.05) is 24.3 Å². The van der Waals surface area contributed by atoms with Gasteiger partial charge in [0.15, 0.2) is 0 Å². The Morgan fingerprint density at radius 2 is 1.59 bits per heavy atom.